The first kappa shape index (κ1) is 18.3. The Morgan fingerprint density at radius 1 is 1.18 bits per heavy atom. The molecule has 6 nitrogen and oxygen atoms in total. The number of hydrogen-bond donors (Lipinski definition) is 1. The zero-order valence-electron chi connectivity index (χ0n) is 15.0. The summed E-state index contributed by atoms with van der Waals surface area (Å²) in [7, 11) is 0. The van der Waals surface area contributed by atoms with Gasteiger partial charge in [-0.25, -0.2) is 4.68 Å². The summed E-state index contributed by atoms with van der Waals surface area (Å²) in [6.45, 7) is 2.39. The Morgan fingerprint density at radius 3 is 2.68 bits per heavy atom. The first-order valence-corrected chi connectivity index (χ1v) is 9.38. The standard InChI is InChI=1S/C20H16ClN5OS/c1-13-16(18(21)25(24-13)12-14-7-3-2-4-8-14)11-22-26-19(27)15-9-5-6-10-17(15)23-20(26)28/h2-11H,12H2,1H3,(H,23,28)/b22-11-. The van der Waals surface area contributed by atoms with E-state index in [1.165, 1.54) is 6.21 Å². The van der Waals surface area contributed by atoms with Crippen LogP contribution < -0.4 is 5.56 Å². The van der Waals surface area contributed by atoms with Crippen molar-refractivity contribution in [3.8, 4) is 0 Å². The number of H-pyrrole nitrogens is 1. The molecule has 0 fully saturated rings. The molecule has 0 saturated heterocycles. The highest BCUT2D eigenvalue weighted by Crippen LogP contribution is 2.19. The maximum absolute atomic E-state index is 12.7. The molecule has 0 radical (unpaired) electrons. The Labute approximate surface area is 170 Å². The third-order valence-electron chi connectivity index (χ3n) is 4.37. The second-order valence-electron chi connectivity index (χ2n) is 6.27. The third-order valence-corrected chi connectivity index (χ3v) is 5.04. The second-order valence-corrected chi connectivity index (χ2v) is 7.02. The van der Waals surface area contributed by atoms with Gasteiger partial charge in [-0.3, -0.25) is 4.79 Å². The average Bonchev–Trinajstić information content (AvgIpc) is 2.96. The molecule has 0 saturated carbocycles. The number of nitrogens with zero attached hydrogens (tertiary/aromatic N) is 4. The maximum atomic E-state index is 12.7. The Hall–Kier alpha value is -3.03. The SMILES string of the molecule is Cc1nn(Cc2ccccc2)c(Cl)c1/C=N\n1c(=S)[nH]c2ccccc2c1=O. The molecule has 140 valence electrons. The Balaban J connectivity index is 1.72. The fourth-order valence-corrected chi connectivity index (χ4v) is 3.47. The number of halogens is 1. The molecule has 2 aromatic heterocycles. The van der Waals surface area contributed by atoms with Crippen LogP contribution in [-0.4, -0.2) is 25.7 Å². The van der Waals surface area contributed by atoms with Gasteiger partial charge in [-0.2, -0.15) is 14.9 Å². The maximum Gasteiger partial charge on any atom is 0.282 e. The molecular formula is C20H16ClN5OS. The van der Waals surface area contributed by atoms with Crippen LogP contribution in [0.5, 0.6) is 0 Å². The minimum absolute atomic E-state index is 0.213. The lowest BCUT2D eigenvalue weighted by Crippen LogP contribution is -2.18. The highest BCUT2D eigenvalue weighted by Gasteiger charge is 2.12. The zero-order valence-corrected chi connectivity index (χ0v) is 16.5. The Kier molecular flexibility index (Phi) is 4.93. The van der Waals surface area contributed by atoms with E-state index in [2.05, 4.69) is 15.2 Å². The molecule has 0 spiro atoms. The van der Waals surface area contributed by atoms with Crippen LogP contribution in [0.2, 0.25) is 5.15 Å². The van der Waals surface area contributed by atoms with E-state index >= 15 is 0 Å². The summed E-state index contributed by atoms with van der Waals surface area (Å²) < 4.78 is 3.07. The van der Waals surface area contributed by atoms with Crippen LogP contribution in [0.1, 0.15) is 16.8 Å². The van der Waals surface area contributed by atoms with Crippen LogP contribution in [0.15, 0.2) is 64.5 Å². The van der Waals surface area contributed by atoms with Gasteiger partial charge in [0, 0.05) is 0 Å². The summed E-state index contributed by atoms with van der Waals surface area (Å²) in [5.41, 5.74) is 2.83. The predicted octanol–water partition coefficient (Wildman–Crippen LogP) is 4.15. The largest absolute Gasteiger partial charge is 0.330 e. The predicted molar refractivity (Wildman–Crippen MR) is 114 cm³/mol. The van der Waals surface area contributed by atoms with Crippen molar-refractivity contribution in [2.45, 2.75) is 13.5 Å². The van der Waals surface area contributed by atoms with Crippen LogP contribution in [0, 0.1) is 11.7 Å². The van der Waals surface area contributed by atoms with Crippen molar-refractivity contribution in [3.63, 3.8) is 0 Å². The van der Waals surface area contributed by atoms with Gasteiger partial charge in [0.05, 0.1) is 34.9 Å². The van der Waals surface area contributed by atoms with Gasteiger partial charge in [0.15, 0.2) is 0 Å². The van der Waals surface area contributed by atoms with Gasteiger partial charge in [0.1, 0.15) is 5.15 Å². The first-order chi connectivity index (χ1) is 13.5. The first-order valence-electron chi connectivity index (χ1n) is 8.60. The highest BCUT2D eigenvalue weighted by molar-refractivity contribution is 7.71. The van der Waals surface area contributed by atoms with E-state index in [0.717, 1.165) is 10.2 Å². The van der Waals surface area contributed by atoms with Gasteiger partial charge in [-0.1, -0.05) is 54.1 Å². The van der Waals surface area contributed by atoms with E-state index < -0.39 is 0 Å². The third kappa shape index (κ3) is 3.42. The lowest BCUT2D eigenvalue weighted by atomic mass is 10.2. The van der Waals surface area contributed by atoms with Crippen molar-refractivity contribution >= 4 is 40.9 Å². The van der Waals surface area contributed by atoms with E-state index in [0.29, 0.717) is 33.9 Å². The molecule has 1 N–H and O–H groups in total. The number of nitrogens with one attached hydrogen (secondary N) is 1. The Morgan fingerprint density at radius 2 is 1.89 bits per heavy atom. The van der Waals surface area contributed by atoms with Gasteiger partial charge in [-0.15, -0.1) is 0 Å². The fourth-order valence-electron chi connectivity index (χ4n) is 2.95. The van der Waals surface area contributed by atoms with Gasteiger partial charge in [0.25, 0.3) is 5.56 Å². The summed E-state index contributed by atoms with van der Waals surface area (Å²) in [5.74, 6) is 0. The van der Waals surface area contributed by atoms with Crippen molar-refractivity contribution in [1.82, 2.24) is 19.4 Å². The van der Waals surface area contributed by atoms with Crippen molar-refractivity contribution < 1.29 is 0 Å². The van der Waals surface area contributed by atoms with Gasteiger partial charge >= 0.3 is 0 Å². The van der Waals surface area contributed by atoms with Crippen molar-refractivity contribution in [2.75, 3.05) is 0 Å². The summed E-state index contributed by atoms with van der Waals surface area (Å²) in [4.78, 5) is 15.7. The van der Waals surface area contributed by atoms with Gasteiger partial charge in [-0.05, 0) is 36.8 Å². The van der Waals surface area contributed by atoms with Crippen molar-refractivity contribution in [2.24, 2.45) is 5.10 Å². The normalized spacial score (nSPS) is 11.5. The average molecular weight is 410 g/mol. The number of aromatic nitrogens is 4. The minimum Gasteiger partial charge on any atom is -0.330 e. The number of hydrogen-bond acceptors (Lipinski definition) is 4. The van der Waals surface area contributed by atoms with Gasteiger partial charge < -0.3 is 4.98 Å². The van der Waals surface area contributed by atoms with Crippen LogP contribution in [-0.2, 0) is 6.54 Å². The van der Waals surface area contributed by atoms with Crippen molar-refractivity contribution in [3.05, 3.63) is 91.7 Å². The molecule has 2 heterocycles. The Bertz CT molecular complexity index is 1300. The molecule has 0 amide bonds. The molecule has 0 atom stereocenters. The molecule has 4 aromatic rings. The molecule has 0 bridgehead atoms. The number of rotatable bonds is 4. The summed E-state index contributed by atoms with van der Waals surface area (Å²) in [6.07, 6.45) is 1.52. The molecule has 4 rings (SSSR count). The van der Waals surface area contributed by atoms with Crippen LogP contribution in [0.25, 0.3) is 10.9 Å². The molecule has 0 aliphatic rings. The van der Waals surface area contributed by atoms with E-state index in [1.807, 2.05) is 43.3 Å². The molecule has 0 aliphatic heterocycles. The van der Waals surface area contributed by atoms with Crippen LogP contribution in [0.3, 0.4) is 0 Å². The highest BCUT2D eigenvalue weighted by atomic mass is 35.5. The smallest absolute Gasteiger partial charge is 0.282 e. The topological polar surface area (TPSA) is 68.0 Å². The summed E-state index contributed by atoms with van der Waals surface area (Å²) in [5, 5.41) is 9.72. The second kappa shape index (κ2) is 7.53. The summed E-state index contributed by atoms with van der Waals surface area (Å²) in [6, 6.07) is 17.1. The number of benzene rings is 2. The quantitative estimate of drug-likeness (QED) is 0.406. The van der Waals surface area contributed by atoms with Crippen LogP contribution >= 0.6 is 23.8 Å². The van der Waals surface area contributed by atoms with E-state index in [-0.39, 0.29) is 10.3 Å². The van der Waals surface area contributed by atoms with Crippen molar-refractivity contribution in [1.29, 1.82) is 0 Å². The van der Waals surface area contributed by atoms with Crippen LogP contribution in [0.4, 0.5) is 0 Å². The number of fused-ring (bicyclic) bond motifs is 1. The number of aromatic amines is 1. The minimum atomic E-state index is -0.291. The zero-order chi connectivity index (χ0) is 19.7. The molecule has 8 heteroatoms. The van der Waals surface area contributed by atoms with E-state index in [4.69, 9.17) is 23.8 Å². The molecule has 28 heavy (non-hydrogen) atoms. The number of para-hydroxylation sites is 1. The lowest BCUT2D eigenvalue weighted by molar-refractivity contribution is 0.680. The number of aryl methyl sites for hydroxylation is 1. The monoisotopic (exact) mass is 409 g/mol. The molecule has 0 aliphatic carbocycles. The summed E-state index contributed by atoms with van der Waals surface area (Å²) >= 11 is 11.8. The van der Waals surface area contributed by atoms with E-state index in [1.54, 1.807) is 22.9 Å². The molecular weight excluding hydrogens is 394 g/mol. The molecule has 0 unspecified atom stereocenters. The molecule has 2 aromatic carbocycles. The van der Waals surface area contributed by atoms with Gasteiger partial charge in [0.2, 0.25) is 4.77 Å². The van der Waals surface area contributed by atoms with E-state index in [9.17, 15) is 4.79 Å². The fraction of sp³-hybridized carbons (Fsp3) is 0.100. The lowest BCUT2D eigenvalue weighted by Gasteiger charge is -2.03.